The van der Waals surface area contributed by atoms with Crippen LogP contribution in [-0.2, 0) is 4.79 Å². The summed E-state index contributed by atoms with van der Waals surface area (Å²) in [5.41, 5.74) is 5.57. The monoisotopic (exact) mass is 242 g/mol. The number of nitrogens with zero attached hydrogens (tertiary/aromatic N) is 2. The van der Waals surface area contributed by atoms with Gasteiger partial charge in [0, 0.05) is 45.7 Å². The molecule has 1 aliphatic rings. The summed E-state index contributed by atoms with van der Waals surface area (Å²) < 4.78 is 0. The zero-order valence-electron chi connectivity index (χ0n) is 11.0. The highest BCUT2D eigenvalue weighted by molar-refractivity contribution is 5.75. The summed E-state index contributed by atoms with van der Waals surface area (Å²) in [6.07, 6.45) is 1.79. The molecular formula is C12H26N4O. The highest BCUT2D eigenvalue weighted by Gasteiger charge is 2.14. The van der Waals surface area contributed by atoms with Crippen molar-refractivity contribution >= 4 is 5.91 Å². The van der Waals surface area contributed by atoms with Gasteiger partial charge >= 0.3 is 0 Å². The molecule has 0 radical (unpaired) electrons. The average molecular weight is 242 g/mol. The van der Waals surface area contributed by atoms with Crippen molar-refractivity contribution in [2.75, 3.05) is 52.4 Å². The number of nitrogens with two attached hydrogens (primary N) is 1. The third-order valence-corrected chi connectivity index (χ3v) is 3.16. The lowest BCUT2D eigenvalue weighted by atomic mass is 10.3. The lowest BCUT2D eigenvalue weighted by Crippen LogP contribution is -2.35. The third kappa shape index (κ3) is 6.00. The summed E-state index contributed by atoms with van der Waals surface area (Å²) in [5.74, 6) is 0.163. The van der Waals surface area contributed by atoms with Gasteiger partial charge in [0.1, 0.15) is 0 Å². The molecule has 17 heavy (non-hydrogen) atoms. The Bertz CT molecular complexity index is 223. The van der Waals surface area contributed by atoms with E-state index >= 15 is 0 Å². The largest absolute Gasteiger partial charge is 0.356 e. The van der Waals surface area contributed by atoms with Crippen molar-refractivity contribution in [2.45, 2.75) is 19.8 Å². The summed E-state index contributed by atoms with van der Waals surface area (Å²) >= 11 is 0. The van der Waals surface area contributed by atoms with Crippen molar-refractivity contribution < 1.29 is 4.79 Å². The minimum atomic E-state index is 0.163. The zero-order chi connectivity index (χ0) is 12.5. The van der Waals surface area contributed by atoms with Crippen molar-refractivity contribution in [2.24, 2.45) is 5.73 Å². The van der Waals surface area contributed by atoms with E-state index in [0.29, 0.717) is 6.42 Å². The Morgan fingerprint density at radius 2 is 1.82 bits per heavy atom. The molecule has 0 aromatic rings. The van der Waals surface area contributed by atoms with Crippen molar-refractivity contribution in [3.05, 3.63) is 0 Å². The topological polar surface area (TPSA) is 61.6 Å². The van der Waals surface area contributed by atoms with Crippen LogP contribution in [0.5, 0.6) is 0 Å². The summed E-state index contributed by atoms with van der Waals surface area (Å²) in [6, 6.07) is 0. The highest BCUT2D eigenvalue weighted by Crippen LogP contribution is 2.03. The number of amides is 1. The predicted octanol–water partition coefficient (Wildman–Crippen LogP) is -0.521. The molecule has 5 heteroatoms. The van der Waals surface area contributed by atoms with E-state index in [1.165, 1.54) is 6.42 Å². The normalized spacial score (nSPS) is 18.9. The molecule has 1 amide bonds. The molecule has 0 spiro atoms. The third-order valence-electron chi connectivity index (χ3n) is 3.16. The number of hydrogen-bond acceptors (Lipinski definition) is 4. The van der Waals surface area contributed by atoms with Gasteiger partial charge in [-0.1, -0.05) is 0 Å². The summed E-state index contributed by atoms with van der Waals surface area (Å²) in [6.45, 7) is 9.64. The maximum Gasteiger partial charge on any atom is 0.221 e. The number of nitrogens with one attached hydrogen (secondary N) is 1. The van der Waals surface area contributed by atoms with E-state index < -0.39 is 0 Å². The maximum absolute atomic E-state index is 11.4. The Morgan fingerprint density at radius 1 is 1.18 bits per heavy atom. The second-order valence-corrected chi connectivity index (χ2v) is 4.53. The van der Waals surface area contributed by atoms with E-state index in [2.05, 4.69) is 15.1 Å². The Kier molecular flexibility index (Phi) is 7.16. The summed E-state index contributed by atoms with van der Waals surface area (Å²) in [4.78, 5) is 16.2. The lowest BCUT2D eigenvalue weighted by Gasteiger charge is -2.21. The second kappa shape index (κ2) is 8.44. The maximum atomic E-state index is 11.4. The van der Waals surface area contributed by atoms with Gasteiger partial charge in [0.25, 0.3) is 0 Å². The molecule has 5 nitrogen and oxygen atoms in total. The fraction of sp³-hybridized carbons (Fsp3) is 0.917. The molecule has 0 unspecified atom stereocenters. The molecule has 0 saturated carbocycles. The van der Waals surface area contributed by atoms with Crippen LogP contribution in [0.15, 0.2) is 0 Å². The Labute approximate surface area is 104 Å². The van der Waals surface area contributed by atoms with Gasteiger partial charge in [-0.3, -0.25) is 4.79 Å². The highest BCUT2D eigenvalue weighted by atomic mass is 16.1. The van der Waals surface area contributed by atoms with Crippen LogP contribution in [0.4, 0.5) is 0 Å². The molecule has 0 bridgehead atoms. The number of hydrogen-bond donors (Lipinski definition) is 2. The molecule has 0 aromatic carbocycles. The van der Waals surface area contributed by atoms with Crippen molar-refractivity contribution in [1.82, 2.24) is 15.1 Å². The predicted molar refractivity (Wildman–Crippen MR) is 69.9 cm³/mol. The van der Waals surface area contributed by atoms with Crippen LogP contribution in [0, 0.1) is 0 Å². The molecule has 100 valence electrons. The van der Waals surface area contributed by atoms with Gasteiger partial charge in [-0.25, -0.2) is 0 Å². The van der Waals surface area contributed by atoms with Gasteiger partial charge in [0.2, 0.25) is 5.91 Å². The van der Waals surface area contributed by atoms with Gasteiger partial charge in [0.05, 0.1) is 0 Å². The number of rotatable bonds is 6. The molecule has 1 heterocycles. The molecule has 1 aliphatic heterocycles. The first-order valence-electron chi connectivity index (χ1n) is 6.67. The molecule has 1 saturated heterocycles. The molecule has 3 N–H and O–H groups in total. The molecule has 1 rings (SSSR count). The Hall–Kier alpha value is -0.650. The van der Waals surface area contributed by atoms with Crippen LogP contribution in [0.2, 0.25) is 0 Å². The van der Waals surface area contributed by atoms with Gasteiger partial charge in [-0.15, -0.1) is 0 Å². The van der Waals surface area contributed by atoms with E-state index in [4.69, 9.17) is 5.73 Å². The van der Waals surface area contributed by atoms with Gasteiger partial charge in [-0.2, -0.15) is 0 Å². The number of carbonyl (C=O) groups excluding carboxylic acids is 1. The van der Waals surface area contributed by atoms with Crippen LogP contribution < -0.4 is 11.1 Å². The van der Waals surface area contributed by atoms with Crippen LogP contribution in [0.1, 0.15) is 19.8 Å². The molecule has 0 atom stereocenters. The lowest BCUT2D eigenvalue weighted by molar-refractivity contribution is -0.121. The summed E-state index contributed by atoms with van der Waals surface area (Å²) in [7, 11) is 0. The van der Waals surface area contributed by atoms with Crippen molar-refractivity contribution in [3.63, 3.8) is 0 Å². The second-order valence-electron chi connectivity index (χ2n) is 4.53. The fourth-order valence-corrected chi connectivity index (χ4v) is 2.20. The first-order chi connectivity index (χ1) is 8.26. The number of carbonyl (C=O) groups is 1. The molecule has 0 aliphatic carbocycles. The Morgan fingerprint density at radius 3 is 2.41 bits per heavy atom. The minimum Gasteiger partial charge on any atom is -0.356 e. The van der Waals surface area contributed by atoms with E-state index in [0.717, 1.165) is 52.4 Å². The van der Waals surface area contributed by atoms with E-state index in [1.807, 2.05) is 6.92 Å². The summed E-state index contributed by atoms with van der Waals surface area (Å²) in [5, 5.41) is 2.84. The molecule has 1 fully saturated rings. The Balaban J connectivity index is 2.19. The van der Waals surface area contributed by atoms with E-state index in [1.54, 1.807) is 0 Å². The van der Waals surface area contributed by atoms with Crippen LogP contribution in [0.3, 0.4) is 0 Å². The van der Waals surface area contributed by atoms with E-state index in [-0.39, 0.29) is 5.91 Å². The van der Waals surface area contributed by atoms with Gasteiger partial charge in [0.15, 0.2) is 0 Å². The van der Waals surface area contributed by atoms with Gasteiger partial charge < -0.3 is 20.9 Å². The van der Waals surface area contributed by atoms with Crippen LogP contribution >= 0.6 is 0 Å². The average Bonchev–Trinajstić information content (AvgIpc) is 2.53. The SMILES string of the molecule is CCNC(=O)CCN1CCCN(CCN)CC1. The quantitative estimate of drug-likeness (QED) is 0.658. The molecule has 0 aromatic heterocycles. The first kappa shape index (κ1) is 14.4. The van der Waals surface area contributed by atoms with Crippen molar-refractivity contribution in [3.8, 4) is 0 Å². The van der Waals surface area contributed by atoms with Crippen LogP contribution in [0.25, 0.3) is 0 Å². The molecular weight excluding hydrogens is 216 g/mol. The fourth-order valence-electron chi connectivity index (χ4n) is 2.20. The smallest absolute Gasteiger partial charge is 0.221 e. The zero-order valence-corrected chi connectivity index (χ0v) is 11.0. The first-order valence-corrected chi connectivity index (χ1v) is 6.67. The van der Waals surface area contributed by atoms with Gasteiger partial charge in [-0.05, 0) is 26.4 Å². The van der Waals surface area contributed by atoms with Crippen molar-refractivity contribution in [1.29, 1.82) is 0 Å². The van der Waals surface area contributed by atoms with Crippen LogP contribution in [-0.4, -0.2) is 68.1 Å². The van der Waals surface area contributed by atoms with E-state index in [9.17, 15) is 4.79 Å². The minimum absolute atomic E-state index is 0.163. The standard InChI is InChI=1S/C12H26N4O/c1-2-14-12(17)4-8-15-6-3-7-16(9-5-13)11-10-15/h2-11,13H2,1H3,(H,14,17).